The van der Waals surface area contributed by atoms with E-state index in [-0.39, 0.29) is 11.3 Å². The van der Waals surface area contributed by atoms with Crippen LogP contribution < -0.4 is 4.74 Å². The Morgan fingerprint density at radius 3 is 2.93 bits per heavy atom. The Balaban J connectivity index is 1.40. The summed E-state index contributed by atoms with van der Waals surface area (Å²) in [6.07, 6.45) is 7.06. The number of benzene rings is 1. The molecule has 2 aliphatic rings. The Hall–Kier alpha value is -2.34. The van der Waals surface area contributed by atoms with Gasteiger partial charge >= 0.3 is 0 Å². The highest BCUT2D eigenvalue weighted by Gasteiger charge is 2.43. The van der Waals surface area contributed by atoms with Crippen molar-refractivity contribution >= 4 is 5.91 Å². The molecule has 1 atom stereocenters. The molecule has 2 fully saturated rings. The van der Waals surface area contributed by atoms with Crippen LogP contribution in [-0.4, -0.2) is 58.8 Å². The number of nitrogens with zero attached hydrogens (tertiary/aromatic N) is 4. The second kappa shape index (κ2) is 7.95. The summed E-state index contributed by atoms with van der Waals surface area (Å²) in [4.78, 5) is 17.5. The van der Waals surface area contributed by atoms with E-state index < -0.39 is 0 Å². The van der Waals surface area contributed by atoms with Gasteiger partial charge in [0.2, 0.25) is 0 Å². The normalized spacial score (nSPS) is 22.7. The van der Waals surface area contributed by atoms with Gasteiger partial charge in [-0.05, 0) is 50.4 Å². The lowest BCUT2D eigenvalue weighted by atomic mass is 9.79. The van der Waals surface area contributed by atoms with Crippen molar-refractivity contribution in [1.29, 1.82) is 0 Å². The summed E-state index contributed by atoms with van der Waals surface area (Å²) in [5, 5.41) is 4.25. The van der Waals surface area contributed by atoms with Gasteiger partial charge in [-0.3, -0.25) is 14.4 Å². The summed E-state index contributed by atoms with van der Waals surface area (Å²) in [5.41, 5.74) is 2.23. The highest BCUT2D eigenvalue weighted by Crippen LogP contribution is 2.39. The average Bonchev–Trinajstić information content (AvgIpc) is 3.35. The predicted octanol–water partition coefficient (Wildman–Crippen LogP) is 3.04. The standard InChI is InChI=1S/C22H30N4O2/c1-3-26-15-19(13-23-26)21(27)25-11-9-22(17-25)8-5-10-24(16-22)14-18-6-4-7-20(12-18)28-2/h4,6-7,12-13,15H,3,5,8-11,14,16-17H2,1-2H3/t22-/m1/s1. The molecule has 3 heterocycles. The van der Waals surface area contributed by atoms with Gasteiger partial charge in [0.15, 0.2) is 0 Å². The van der Waals surface area contributed by atoms with Gasteiger partial charge in [-0.1, -0.05) is 12.1 Å². The molecule has 1 aromatic heterocycles. The summed E-state index contributed by atoms with van der Waals surface area (Å²) in [6, 6.07) is 8.33. The maximum absolute atomic E-state index is 12.9. The topological polar surface area (TPSA) is 50.6 Å². The second-order valence-corrected chi connectivity index (χ2v) is 8.23. The van der Waals surface area contributed by atoms with E-state index in [1.165, 1.54) is 18.4 Å². The molecule has 2 aromatic rings. The smallest absolute Gasteiger partial charge is 0.257 e. The van der Waals surface area contributed by atoms with E-state index in [0.717, 1.165) is 51.4 Å². The third-order valence-corrected chi connectivity index (χ3v) is 6.21. The number of piperidine rings is 1. The largest absolute Gasteiger partial charge is 0.497 e. The van der Waals surface area contributed by atoms with Gasteiger partial charge in [0, 0.05) is 44.3 Å². The van der Waals surface area contributed by atoms with Gasteiger partial charge in [-0.25, -0.2) is 0 Å². The van der Waals surface area contributed by atoms with E-state index in [1.807, 2.05) is 28.8 Å². The number of methoxy groups -OCH3 is 1. The van der Waals surface area contributed by atoms with Crippen molar-refractivity contribution in [3.8, 4) is 5.75 Å². The third-order valence-electron chi connectivity index (χ3n) is 6.21. The summed E-state index contributed by atoms with van der Waals surface area (Å²) in [6.45, 7) is 7.65. The molecule has 0 N–H and O–H groups in total. The van der Waals surface area contributed by atoms with Crippen molar-refractivity contribution in [3.63, 3.8) is 0 Å². The van der Waals surface area contributed by atoms with Crippen LogP contribution in [0.4, 0.5) is 0 Å². The first-order valence-corrected chi connectivity index (χ1v) is 10.3. The lowest BCUT2D eigenvalue weighted by molar-refractivity contribution is 0.0675. The third kappa shape index (κ3) is 3.92. The van der Waals surface area contributed by atoms with Crippen LogP contribution in [0.1, 0.15) is 42.1 Å². The first kappa shape index (κ1) is 19.0. The van der Waals surface area contributed by atoms with Crippen molar-refractivity contribution in [2.24, 2.45) is 5.41 Å². The Morgan fingerprint density at radius 1 is 1.25 bits per heavy atom. The molecule has 0 aliphatic carbocycles. The Kier molecular flexibility index (Phi) is 5.40. The van der Waals surface area contributed by atoms with E-state index >= 15 is 0 Å². The molecule has 6 heteroatoms. The molecule has 1 aromatic carbocycles. The van der Waals surface area contributed by atoms with Crippen molar-refractivity contribution in [1.82, 2.24) is 19.6 Å². The number of ether oxygens (including phenoxy) is 1. The van der Waals surface area contributed by atoms with Crippen LogP contribution in [0.2, 0.25) is 0 Å². The molecule has 28 heavy (non-hydrogen) atoms. The molecule has 2 aliphatic heterocycles. The second-order valence-electron chi connectivity index (χ2n) is 8.23. The van der Waals surface area contributed by atoms with Crippen LogP contribution in [-0.2, 0) is 13.1 Å². The number of carbonyl (C=O) groups excluding carboxylic acids is 1. The van der Waals surface area contributed by atoms with E-state index in [2.05, 4.69) is 28.2 Å². The van der Waals surface area contributed by atoms with Crippen LogP contribution in [0.3, 0.4) is 0 Å². The van der Waals surface area contributed by atoms with Crippen molar-refractivity contribution in [2.45, 2.75) is 39.3 Å². The summed E-state index contributed by atoms with van der Waals surface area (Å²) in [5.74, 6) is 1.04. The van der Waals surface area contributed by atoms with Crippen LogP contribution in [0.25, 0.3) is 0 Å². The number of aryl methyl sites for hydroxylation is 1. The molecular formula is C22H30N4O2. The summed E-state index contributed by atoms with van der Waals surface area (Å²) >= 11 is 0. The molecule has 2 saturated heterocycles. The number of likely N-dealkylation sites (tertiary alicyclic amines) is 2. The SMILES string of the molecule is CCn1cc(C(=O)N2CC[C@@]3(CCCN(Cc4cccc(OC)c4)C3)C2)cn1. The van der Waals surface area contributed by atoms with Crippen LogP contribution in [0, 0.1) is 5.41 Å². The summed E-state index contributed by atoms with van der Waals surface area (Å²) < 4.78 is 7.18. The summed E-state index contributed by atoms with van der Waals surface area (Å²) in [7, 11) is 1.71. The zero-order valence-electron chi connectivity index (χ0n) is 16.9. The van der Waals surface area contributed by atoms with E-state index in [1.54, 1.807) is 13.3 Å². The van der Waals surface area contributed by atoms with Gasteiger partial charge in [0.25, 0.3) is 5.91 Å². The molecule has 0 bridgehead atoms. The van der Waals surface area contributed by atoms with Crippen molar-refractivity contribution in [2.75, 3.05) is 33.3 Å². The van der Waals surface area contributed by atoms with E-state index in [0.29, 0.717) is 5.56 Å². The van der Waals surface area contributed by atoms with Gasteiger partial charge in [-0.15, -0.1) is 0 Å². The maximum atomic E-state index is 12.9. The number of hydrogen-bond acceptors (Lipinski definition) is 4. The Labute approximate surface area is 167 Å². The van der Waals surface area contributed by atoms with Crippen LogP contribution in [0.5, 0.6) is 5.75 Å². The minimum atomic E-state index is 0.126. The highest BCUT2D eigenvalue weighted by molar-refractivity contribution is 5.94. The molecule has 6 nitrogen and oxygen atoms in total. The zero-order chi connectivity index (χ0) is 19.6. The average molecular weight is 383 g/mol. The number of hydrogen-bond donors (Lipinski definition) is 0. The minimum absolute atomic E-state index is 0.126. The van der Waals surface area contributed by atoms with Gasteiger partial charge in [0.1, 0.15) is 5.75 Å². The Bertz CT molecular complexity index is 833. The Morgan fingerprint density at radius 2 is 2.14 bits per heavy atom. The fourth-order valence-electron chi connectivity index (χ4n) is 4.75. The fraction of sp³-hybridized carbons (Fsp3) is 0.545. The predicted molar refractivity (Wildman–Crippen MR) is 108 cm³/mol. The van der Waals surface area contributed by atoms with Crippen molar-refractivity contribution < 1.29 is 9.53 Å². The molecule has 0 radical (unpaired) electrons. The van der Waals surface area contributed by atoms with E-state index in [9.17, 15) is 4.79 Å². The molecule has 1 spiro atoms. The molecular weight excluding hydrogens is 352 g/mol. The van der Waals surface area contributed by atoms with Crippen molar-refractivity contribution in [3.05, 3.63) is 47.8 Å². The molecule has 1 amide bonds. The molecule has 0 saturated carbocycles. The van der Waals surface area contributed by atoms with Gasteiger partial charge < -0.3 is 9.64 Å². The number of carbonyl (C=O) groups is 1. The van der Waals surface area contributed by atoms with Crippen LogP contribution in [0.15, 0.2) is 36.7 Å². The lowest BCUT2D eigenvalue weighted by Gasteiger charge is -2.40. The first-order chi connectivity index (χ1) is 13.6. The van der Waals surface area contributed by atoms with E-state index in [4.69, 9.17) is 4.74 Å². The van der Waals surface area contributed by atoms with Crippen LogP contribution >= 0.6 is 0 Å². The monoisotopic (exact) mass is 382 g/mol. The first-order valence-electron chi connectivity index (χ1n) is 10.3. The van der Waals surface area contributed by atoms with Gasteiger partial charge in [0.05, 0.1) is 18.9 Å². The zero-order valence-corrected chi connectivity index (χ0v) is 16.9. The molecule has 150 valence electrons. The number of rotatable bonds is 5. The molecule has 4 rings (SSSR count). The highest BCUT2D eigenvalue weighted by atomic mass is 16.5. The lowest BCUT2D eigenvalue weighted by Crippen LogP contribution is -2.45. The minimum Gasteiger partial charge on any atom is -0.497 e. The quantitative estimate of drug-likeness (QED) is 0.798. The molecule has 0 unspecified atom stereocenters. The number of amides is 1. The van der Waals surface area contributed by atoms with Gasteiger partial charge in [-0.2, -0.15) is 5.10 Å². The maximum Gasteiger partial charge on any atom is 0.257 e. The fourth-order valence-corrected chi connectivity index (χ4v) is 4.75. The number of aromatic nitrogens is 2.